The molecule has 23 N–H and O–H groups in total. The number of carbonyl (C=O) groups excluding carboxylic acids is 14. The Kier molecular flexibility index (Phi) is 33.9. The number of fused-ring (bicyclic) bond motifs is 2. The fourth-order valence-electron chi connectivity index (χ4n) is 14.3. The number of hydrogen-bond donors (Lipinski definition) is 19. The molecule has 37 nitrogen and oxygen atoms in total. The van der Waals surface area contributed by atoms with E-state index in [0.717, 1.165) is 27.4 Å². The summed E-state index contributed by atoms with van der Waals surface area (Å²) in [6, 6.07) is 4.47. The number of aromatic amines is 3. The van der Waals surface area contributed by atoms with Crippen LogP contribution in [0.5, 0.6) is 5.75 Å². The van der Waals surface area contributed by atoms with Crippen molar-refractivity contribution >= 4 is 110 Å². The summed E-state index contributed by atoms with van der Waals surface area (Å²) >= 11 is 0. The van der Waals surface area contributed by atoms with Crippen LogP contribution < -0.4 is 76.1 Å². The number of primary amides is 2. The van der Waals surface area contributed by atoms with Crippen molar-refractivity contribution in [1.82, 2.24) is 82.9 Å². The van der Waals surface area contributed by atoms with Crippen molar-refractivity contribution < 1.29 is 82.1 Å². The summed E-state index contributed by atoms with van der Waals surface area (Å²) in [4.78, 5) is 224. The van der Waals surface area contributed by atoms with Gasteiger partial charge in [0, 0.05) is 85.6 Å². The van der Waals surface area contributed by atoms with Crippen molar-refractivity contribution in [3.63, 3.8) is 0 Å². The van der Waals surface area contributed by atoms with Gasteiger partial charge in [0.1, 0.15) is 72.2 Å². The molecule has 2 saturated heterocycles. The summed E-state index contributed by atoms with van der Waals surface area (Å²) in [6.07, 6.45) is 7.33. The first kappa shape index (κ1) is 90.3. The van der Waals surface area contributed by atoms with Gasteiger partial charge in [0.25, 0.3) is 0 Å². The third-order valence-corrected chi connectivity index (χ3v) is 20.6. The lowest BCUT2D eigenvalue weighted by Gasteiger charge is -2.30. The van der Waals surface area contributed by atoms with Gasteiger partial charge in [-0.15, -0.1) is 0 Å². The number of para-hydroxylation sites is 2. The molecule has 37 heteroatoms. The molecule has 0 unspecified atom stereocenters. The number of aliphatic carboxylic acids is 1. The number of carboxylic acid groups (broad SMARTS) is 1. The number of nitrogens with zero attached hydrogens (tertiary/aromatic N) is 3. The molecule has 3 aromatic heterocycles. The lowest BCUT2D eigenvalue weighted by molar-refractivity contribution is -0.144. The minimum Gasteiger partial charge on any atom is -0.508 e. The Labute approximate surface area is 675 Å². The van der Waals surface area contributed by atoms with Crippen molar-refractivity contribution in [3.05, 3.63) is 120 Å². The molecule has 117 heavy (non-hydrogen) atoms. The number of unbranched alkanes of at least 4 members (excludes halogenated alkanes) is 2. The van der Waals surface area contributed by atoms with E-state index in [-0.39, 0.29) is 108 Å². The van der Waals surface area contributed by atoms with Crippen LogP contribution in [0.25, 0.3) is 21.8 Å². The van der Waals surface area contributed by atoms with Crippen LogP contribution in [0, 0.1) is 5.92 Å². The van der Waals surface area contributed by atoms with Crippen LogP contribution in [-0.4, -0.2) is 227 Å². The number of rotatable bonds is 46. The number of imidazole rings is 1. The van der Waals surface area contributed by atoms with E-state index >= 15 is 0 Å². The molecule has 3 aromatic carbocycles. The van der Waals surface area contributed by atoms with Crippen LogP contribution in [0.1, 0.15) is 146 Å². The van der Waals surface area contributed by atoms with Crippen LogP contribution in [-0.2, 0) is 97.6 Å². The number of carbonyl (C=O) groups is 15. The fourth-order valence-corrected chi connectivity index (χ4v) is 14.3. The molecule has 2 fully saturated rings. The minimum atomic E-state index is -1.57. The molecule has 6 aromatic rings. The zero-order valence-corrected chi connectivity index (χ0v) is 66.2. The standard InChI is InChI=1S/C80H110N20O17/c1-5-6-17-56(72(108)98-63(80(116)117)35-46-23-25-50(101)26-24-46)93-77(113)65-22-14-33-100(65)79(115)59(28-30-67(84)103)91-68(104)42-88-76(112)64-21-13-32-99(64)78(114)58(20-11-12-31-81)94-69(105)45(4)90-71(107)57(27-29-66(83)102)92-73(109)60(34-44(2)3)96-74(110)61(37-48-40-87-55-19-10-8-16-52(48)55)97-75(111)62(38-49-41-85-43-89-49)95-70(106)53(82)36-47-39-86-54-18-9-7-15-51(47)54/h7-10,15-16,18-19,23-26,39-41,43-45,53,56-65,86-87,101H,5-6,11-14,17,20-22,27-38,42,81-82H2,1-4H3,(H2,83,102)(H2,84,103)(H,85,89)(H,88,112)(H,90,107)(H,91,104)(H,92,109)(H,93,113)(H,94,105)(H,95,106)(H,96,110)(H,97,111)(H,98,108)(H,116,117)/t45-,53+,56+,57+,58+,59+,60+,61+,62+,63+,64+,65+/m1/s1. The number of nitrogens with two attached hydrogens (primary N) is 4. The Morgan fingerprint density at radius 1 is 0.521 bits per heavy atom. The lowest BCUT2D eigenvalue weighted by atomic mass is 9.99. The van der Waals surface area contributed by atoms with Gasteiger partial charge in [-0.2, -0.15) is 0 Å². The largest absolute Gasteiger partial charge is 0.508 e. The molecule has 8 rings (SSSR count). The van der Waals surface area contributed by atoms with E-state index in [4.69, 9.17) is 22.9 Å². The highest BCUT2D eigenvalue weighted by Gasteiger charge is 2.42. The first-order valence-electron chi connectivity index (χ1n) is 39.6. The molecule has 0 saturated carbocycles. The van der Waals surface area contributed by atoms with Gasteiger partial charge in [-0.05, 0) is 137 Å². The number of aromatic nitrogens is 4. The van der Waals surface area contributed by atoms with Gasteiger partial charge in [0.2, 0.25) is 82.7 Å². The molecule has 0 radical (unpaired) electrons. The molecular weight excluding hydrogens is 1510 g/mol. The molecule has 0 bridgehead atoms. The summed E-state index contributed by atoms with van der Waals surface area (Å²) in [6.45, 7) is 6.25. The summed E-state index contributed by atoms with van der Waals surface area (Å²) in [7, 11) is 0. The smallest absolute Gasteiger partial charge is 0.326 e. The number of phenols is 1. The zero-order valence-electron chi connectivity index (χ0n) is 66.2. The minimum absolute atomic E-state index is 0.0114. The molecule has 14 amide bonds. The van der Waals surface area contributed by atoms with Crippen molar-refractivity contribution in [2.24, 2.45) is 28.9 Å². The predicted molar refractivity (Wildman–Crippen MR) is 428 cm³/mol. The van der Waals surface area contributed by atoms with E-state index in [0.29, 0.717) is 55.3 Å². The van der Waals surface area contributed by atoms with Gasteiger partial charge in [-0.1, -0.05) is 82.1 Å². The van der Waals surface area contributed by atoms with Gasteiger partial charge in [-0.3, -0.25) is 67.1 Å². The predicted octanol–water partition coefficient (Wildman–Crippen LogP) is -0.862. The van der Waals surface area contributed by atoms with Gasteiger partial charge in [0.05, 0.1) is 24.6 Å². The quantitative estimate of drug-likeness (QED) is 0.0207. The summed E-state index contributed by atoms with van der Waals surface area (Å²) in [5.74, 6) is -13.0. The van der Waals surface area contributed by atoms with Gasteiger partial charge < -0.3 is 111 Å². The lowest BCUT2D eigenvalue weighted by Crippen LogP contribution is -2.60. The maximum Gasteiger partial charge on any atom is 0.326 e. The van der Waals surface area contributed by atoms with Crippen LogP contribution in [0.15, 0.2) is 97.7 Å². The van der Waals surface area contributed by atoms with E-state index in [9.17, 15) is 82.1 Å². The summed E-state index contributed by atoms with van der Waals surface area (Å²) < 4.78 is 0. The Morgan fingerprint density at radius 2 is 1.02 bits per heavy atom. The Balaban J connectivity index is 0.898. The Morgan fingerprint density at radius 3 is 1.59 bits per heavy atom. The second-order valence-corrected chi connectivity index (χ2v) is 30.1. The highest BCUT2D eigenvalue weighted by atomic mass is 16.4. The Bertz CT molecular complexity index is 4470. The maximum absolute atomic E-state index is 15.0. The van der Waals surface area contributed by atoms with Crippen molar-refractivity contribution in [1.29, 1.82) is 0 Å². The number of hydrogen-bond acceptors (Lipinski definition) is 19. The molecule has 0 spiro atoms. The first-order valence-corrected chi connectivity index (χ1v) is 39.6. The number of carboxylic acids is 1. The first-order chi connectivity index (χ1) is 55.9. The third kappa shape index (κ3) is 26.6. The van der Waals surface area contributed by atoms with Crippen molar-refractivity contribution in [3.8, 4) is 5.75 Å². The van der Waals surface area contributed by atoms with E-state index in [1.54, 1.807) is 38.5 Å². The summed E-state index contributed by atoms with van der Waals surface area (Å²) in [5.41, 5.74) is 27.2. The van der Waals surface area contributed by atoms with Crippen molar-refractivity contribution in [2.45, 2.75) is 222 Å². The highest BCUT2D eigenvalue weighted by molar-refractivity contribution is 6.00. The number of H-pyrrole nitrogens is 3. The second kappa shape index (κ2) is 44.0. The SMILES string of the molecule is CCCC[C@H](NC(=O)[C@@H]1CCCN1C(=O)[C@H](CCC(N)=O)NC(=O)CNC(=O)[C@@H]1CCCN1C(=O)[C@H](CCCCN)NC(=O)[C@@H](C)NC(=O)[C@H](CCC(N)=O)NC(=O)[C@H](CC(C)C)NC(=O)[C@H](Cc1c[nH]c2ccccc12)NC(=O)[C@H](Cc1c[nH]cn1)NC(=O)[C@@H](N)Cc1c[nH]c2ccccc12)C(=O)N[C@@H](Cc1ccc(O)cc1)C(=O)O. The number of phenolic OH excluding ortho intramolecular Hbond substituents is 1. The molecular formula is C80H110N20O17. The van der Waals surface area contributed by atoms with Crippen LogP contribution >= 0.6 is 0 Å². The molecule has 2 aliphatic heterocycles. The van der Waals surface area contributed by atoms with Crippen LogP contribution in [0.2, 0.25) is 0 Å². The third-order valence-electron chi connectivity index (χ3n) is 20.6. The second-order valence-electron chi connectivity index (χ2n) is 30.1. The van der Waals surface area contributed by atoms with E-state index in [1.165, 1.54) is 47.3 Å². The molecule has 0 aliphatic carbocycles. The average molecular weight is 1620 g/mol. The number of amides is 14. The number of benzene rings is 3. The monoisotopic (exact) mass is 1620 g/mol. The molecule has 5 heterocycles. The van der Waals surface area contributed by atoms with E-state index < -0.39 is 174 Å². The molecule has 12 atom stereocenters. The zero-order chi connectivity index (χ0) is 85.0. The maximum atomic E-state index is 15.0. The summed E-state index contributed by atoms with van der Waals surface area (Å²) in [5, 5.41) is 47.8. The van der Waals surface area contributed by atoms with Gasteiger partial charge >= 0.3 is 5.97 Å². The molecule has 2 aliphatic rings. The molecule has 632 valence electrons. The highest BCUT2D eigenvalue weighted by Crippen LogP contribution is 2.25. The van der Waals surface area contributed by atoms with Gasteiger partial charge in [0.15, 0.2) is 0 Å². The van der Waals surface area contributed by atoms with Gasteiger partial charge in [-0.25, -0.2) is 9.78 Å². The van der Waals surface area contributed by atoms with Crippen molar-refractivity contribution in [2.75, 3.05) is 26.2 Å². The normalized spacial score (nSPS) is 16.5. The average Bonchev–Trinajstić information content (AvgIpc) is 1.72. The number of likely N-dealkylation sites (tertiary alicyclic amines) is 2. The van der Waals surface area contributed by atoms with E-state index in [2.05, 4.69) is 73.1 Å². The van der Waals surface area contributed by atoms with Crippen LogP contribution in [0.4, 0.5) is 0 Å². The fraction of sp³-hybridized carbons (Fsp3) is 0.500. The number of nitrogens with one attached hydrogen (secondary N) is 13. The Hall–Kier alpha value is -12.3. The van der Waals surface area contributed by atoms with Crippen LogP contribution in [0.3, 0.4) is 0 Å². The van der Waals surface area contributed by atoms with E-state index in [1.807, 2.05) is 49.4 Å². The number of aromatic hydroxyl groups is 1. The topological polar surface area (TPSA) is 588 Å².